The monoisotopic (exact) mass is 212 g/mol. The van der Waals surface area contributed by atoms with E-state index in [4.69, 9.17) is 0 Å². The van der Waals surface area contributed by atoms with E-state index in [0.29, 0.717) is 18.4 Å². The lowest BCUT2D eigenvalue weighted by Gasteiger charge is -2.10. The molecule has 0 N–H and O–H groups in total. The van der Waals surface area contributed by atoms with E-state index in [0.717, 1.165) is 12.8 Å². The Hall–Kier alpha value is -1.32. The molecule has 0 radical (unpaired) electrons. The Morgan fingerprint density at radius 3 is 2.60 bits per heavy atom. The number of hydrogen-bond acceptors (Lipinski definition) is 4. The maximum atomic E-state index is 11.3. The van der Waals surface area contributed by atoms with Crippen molar-refractivity contribution in [3.05, 3.63) is 11.6 Å². The Kier molecular flexibility index (Phi) is 4.34. The number of esters is 2. The van der Waals surface area contributed by atoms with Crippen LogP contribution in [0.25, 0.3) is 0 Å². The van der Waals surface area contributed by atoms with Crippen LogP contribution in [-0.4, -0.2) is 26.2 Å². The minimum atomic E-state index is -0.291. The molecule has 1 rings (SSSR count). The van der Waals surface area contributed by atoms with Gasteiger partial charge < -0.3 is 9.47 Å². The molecule has 1 unspecified atom stereocenters. The molecule has 1 aliphatic carbocycles. The molecule has 0 aliphatic heterocycles. The largest absolute Gasteiger partial charge is 0.469 e. The van der Waals surface area contributed by atoms with Crippen LogP contribution in [0, 0.1) is 5.92 Å². The zero-order chi connectivity index (χ0) is 11.3. The quantitative estimate of drug-likeness (QED) is 0.650. The third kappa shape index (κ3) is 3.08. The summed E-state index contributed by atoms with van der Waals surface area (Å²) in [5, 5.41) is 0. The van der Waals surface area contributed by atoms with Crippen molar-refractivity contribution in [3.8, 4) is 0 Å². The third-order valence-corrected chi connectivity index (χ3v) is 2.65. The van der Waals surface area contributed by atoms with Crippen molar-refractivity contribution >= 4 is 11.9 Å². The number of hydrogen-bond donors (Lipinski definition) is 0. The SMILES string of the molecule is COC(=O)C1=CCCC(C(=O)OC)CC1. The fraction of sp³-hybridized carbons (Fsp3) is 0.636. The summed E-state index contributed by atoms with van der Waals surface area (Å²) in [6, 6.07) is 0. The molecule has 0 aromatic heterocycles. The summed E-state index contributed by atoms with van der Waals surface area (Å²) in [5.74, 6) is -0.566. The van der Waals surface area contributed by atoms with Crippen LogP contribution < -0.4 is 0 Å². The van der Waals surface area contributed by atoms with Crippen molar-refractivity contribution in [1.82, 2.24) is 0 Å². The first kappa shape index (κ1) is 11.8. The molecule has 15 heavy (non-hydrogen) atoms. The van der Waals surface area contributed by atoms with Gasteiger partial charge in [-0.05, 0) is 25.7 Å². The van der Waals surface area contributed by atoms with Gasteiger partial charge >= 0.3 is 11.9 Å². The van der Waals surface area contributed by atoms with E-state index in [1.54, 1.807) is 0 Å². The number of methoxy groups -OCH3 is 2. The Morgan fingerprint density at radius 2 is 2.00 bits per heavy atom. The number of carbonyl (C=O) groups excluding carboxylic acids is 2. The van der Waals surface area contributed by atoms with Crippen LogP contribution >= 0.6 is 0 Å². The molecule has 4 nitrogen and oxygen atoms in total. The molecule has 0 saturated carbocycles. The Labute approximate surface area is 89.2 Å². The highest BCUT2D eigenvalue weighted by Gasteiger charge is 2.23. The molecule has 0 amide bonds. The van der Waals surface area contributed by atoms with Crippen LogP contribution in [0.1, 0.15) is 25.7 Å². The van der Waals surface area contributed by atoms with Gasteiger partial charge in [-0.1, -0.05) is 6.08 Å². The lowest BCUT2D eigenvalue weighted by molar-refractivity contribution is -0.146. The summed E-state index contributed by atoms with van der Waals surface area (Å²) in [6.07, 6.45) is 4.58. The first-order chi connectivity index (χ1) is 7.19. The number of allylic oxidation sites excluding steroid dienone is 1. The van der Waals surface area contributed by atoms with Crippen LogP contribution in [0.5, 0.6) is 0 Å². The highest BCUT2D eigenvalue weighted by Crippen LogP contribution is 2.24. The molecule has 0 spiro atoms. The van der Waals surface area contributed by atoms with E-state index in [1.807, 2.05) is 6.08 Å². The van der Waals surface area contributed by atoms with Gasteiger partial charge in [0.1, 0.15) is 0 Å². The van der Waals surface area contributed by atoms with Crippen LogP contribution in [-0.2, 0) is 19.1 Å². The van der Waals surface area contributed by atoms with Gasteiger partial charge in [-0.25, -0.2) is 4.79 Å². The van der Waals surface area contributed by atoms with Gasteiger partial charge in [0.15, 0.2) is 0 Å². The average molecular weight is 212 g/mol. The number of ether oxygens (including phenoxy) is 2. The fourth-order valence-electron chi connectivity index (χ4n) is 1.75. The minimum Gasteiger partial charge on any atom is -0.469 e. The Morgan fingerprint density at radius 1 is 1.27 bits per heavy atom. The van der Waals surface area contributed by atoms with Gasteiger partial charge in [0, 0.05) is 5.57 Å². The van der Waals surface area contributed by atoms with E-state index < -0.39 is 0 Å². The van der Waals surface area contributed by atoms with Crippen molar-refractivity contribution in [1.29, 1.82) is 0 Å². The van der Waals surface area contributed by atoms with E-state index in [2.05, 4.69) is 9.47 Å². The van der Waals surface area contributed by atoms with Crippen molar-refractivity contribution in [2.24, 2.45) is 5.92 Å². The van der Waals surface area contributed by atoms with Crippen LogP contribution in [0.15, 0.2) is 11.6 Å². The Bertz CT molecular complexity index is 280. The van der Waals surface area contributed by atoms with Crippen molar-refractivity contribution < 1.29 is 19.1 Å². The van der Waals surface area contributed by atoms with Gasteiger partial charge in [-0.2, -0.15) is 0 Å². The zero-order valence-electron chi connectivity index (χ0n) is 9.12. The standard InChI is InChI=1S/C11H16O4/c1-14-10(12)8-4-3-5-9(7-6-8)11(13)15-2/h4,9H,3,5-7H2,1-2H3. The summed E-state index contributed by atoms with van der Waals surface area (Å²) in [4.78, 5) is 22.6. The molecule has 0 aromatic carbocycles. The van der Waals surface area contributed by atoms with Crippen LogP contribution in [0.3, 0.4) is 0 Å². The second-order valence-corrected chi connectivity index (χ2v) is 3.56. The fourth-order valence-corrected chi connectivity index (χ4v) is 1.75. The lowest BCUT2D eigenvalue weighted by atomic mass is 9.99. The summed E-state index contributed by atoms with van der Waals surface area (Å²) >= 11 is 0. The maximum absolute atomic E-state index is 11.3. The average Bonchev–Trinajstić information content (AvgIpc) is 2.52. The van der Waals surface area contributed by atoms with Crippen molar-refractivity contribution in [2.75, 3.05) is 14.2 Å². The molecule has 0 bridgehead atoms. The van der Waals surface area contributed by atoms with E-state index >= 15 is 0 Å². The molecule has 0 fully saturated rings. The Balaban J connectivity index is 2.56. The van der Waals surface area contributed by atoms with Gasteiger partial charge in [-0.3, -0.25) is 4.79 Å². The van der Waals surface area contributed by atoms with Gasteiger partial charge in [0.25, 0.3) is 0 Å². The summed E-state index contributed by atoms with van der Waals surface area (Å²) in [6.45, 7) is 0. The molecule has 1 aliphatic rings. The maximum Gasteiger partial charge on any atom is 0.333 e. The topological polar surface area (TPSA) is 52.6 Å². The third-order valence-electron chi connectivity index (χ3n) is 2.65. The molecule has 4 heteroatoms. The molecule has 0 aromatic rings. The number of carbonyl (C=O) groups is 2. The summed E-state index contributed by atoms with van der Waals surface area (Å²) < 4.78 is 9.33. The van der Waals surface area contributed by atoms with Crippen molar-refractivity contribution in [2.45, 2.75) is 25.7 Å². The van der Waals surface area contributed by atoms with E-state index in [-0.39, 0.29) is 17.9 Å². The second-order valence-electron chi connectivity index (χ2n) is 3.56. The minimum absolute atomic E-state index is 0.0894. The summed E-state index contributed by atoms with van der Waals surface area (Å²) in [5.41, 5.74) is 0.670. The molecule has 1 atom stereocenters. The first-order valence-electron chi connectivity index (χ1n) is 5.04. The highest BCUT2D eigenvalue weighted by atomic mass is 16.5. The van der Waals surface area contributed by atoms with Crippen LogP contribution in [0.4, 0.5) is 0 Å². The first-order valence-corrected chi connectivity index (χ1v) is 5.04. The number of rotatable bonds is 2. The van der Waals surface area contributed by atoms with Crippen LogP contribution in [0.2, 0.25) is 0 Å². The van der Waals surface area contributed by atoms with Gasteiger partial charge in [-0.15, -0.1) is 0 Å². The lowest BCUT2D eigenvalue weighted by Crippen LogP contribution is -2.15. The smallest absolute Gasteiger partial charge is 0.333 e. The predicted octanol–water partition coefficient (Wildman–Crippen LogP) is 1.45. The summed E-state index contributed by atoms with van der Waals surface area (Å²) in [7, 11) is 2.76. The van der Waals surface area contributed by atoms with Crippen molar-refractivity contribution in [3.63, 3.8) is 0 Å². The zero-order valence-corrected chi connectivity index (χ0v) is 9.12. The molecule has 84 valence electrons. The molecular formula is C11H16O4. The molecule has 0 heterocycles. The molecule has 0 saturated heterocycles. The van der Waals surface area contributed by atoms with E-state index in [9.17, 15) is 9.59 Å². The predicted molar refractivity (Wildman–Crippen MR) is 54.1 cm³/mol. The molecular weight excluding hydrogens is 196 g/mol. The second kappa shape index (κ2) is 5.53. The van der Waals surface area contributed by atoms with Gasteiger partial charge in [0.2, 0.25) is 0 Å². The van der Waals surface area contributed by atoms with Gasteiger partial charge in [0.05, 0.1) is 20.1 Å². The normalized spacial score (nSPS) is 21.2. The highest BCUT2D eigenvalue weighted by molar-refractivity contribution is 5.88. The van der Waals surface area contributed by atoms with E-state index in [1.165, 1.54) is 14.2 Å².